The lowest BCUT2D eigenvalue weighted by Gasteiger charge is -2.58. The summed E-state index contributed by atoms with van der Waals surface area (Å²) in [6.45, 7) is 3.92. The highest BCUT2D eigenvalue weighted by Gasteiger charge is 2.52. The van der Waals surface area contributed by atoms with Crippen LogP contribution in [0.2, 0.25) is 5.02 Å². The highest BCUT2D eigenvalue weighted by Crippen LogP contribution is 2.62. The average molecular weight is 591 g/mol. The standard InChI is InChI=1S/C34H44ClFN6/c35-31-8-4-2-6-26(31)21-38-33-39-22-29(20-37)32(41-33)40-23-34-17-25-15-27(18-34)30(28(16-25)19-34)7-3-1-5-24-9-12-42(13-10-24)14-11-36/h2,4,6-8,22,24-25,27-28H,1,3,5,9-19,21,23H2,(H2,38,39,40,41)/t25?,27-,28+,34?. The monoisotopic (exact) mass is 590 g/mol. The van der Waals surface area contributed by atoms with E-state index in [1.165, 1.54) is 64.2 Å². The first-order chi connectivity index (χ1) is 20.5. The molecule has 4 saturated carbocycles. The van der Waals surface area contributed by atoms with Gasteiger partial charge in [-0.25, -0.2) is 9.37 Å². The second-order valence-corrected chi connectivity index (χ2v) is 13.7. The summed E-state index contributed by atoms with van der Waals surface area (Å²) in [5.74, 6) is 4.20. The molecular formula is C34H44ClFN6. The van der Waals surface area contributed by atoms with Gasteiger partial charge in [-0.05, 0) is 112 Å². The number of nitrogens with zero attached hydrogens (tertiary/aromatic N) is 4. The summed E-state index contributed by atoms with van der Waals surface area (Å²) in [5, 5.41) is 17.3. The molecule has 2 aromatic rings. The summed E-state index contributed by atoms with van der Waals surface area (Å²) in [6.07, 6.45) is 17.0. The fraction of sp³-hybridized carbons (Fsp3) is 0.618. The Kier molecular flexibility index (Phi) is 9.31. The van der Waals surface area contributed by atoms with Crippen LogP contribution in [0.5, 0.6) is 0 Å². The van der Waals surface area contributed by atoms with Gasteiger partial charge in [-0.15, -0.1) is 0 Å². The summed E-state index contributed by atoms with van der Waals surface area (Å²) < 4.78 is 12.6. The molecule has 4 bridgehead atoms. The van der Waals surface area contributed by atoms with Gasteiger partial charge in [-0.3, -0.25) is 0 Å². The number of halogens is 2. The number of alkyl halides is 1. The Balaban J connectivity index is 1.03. The fourth-order valence-electron chi connectivity index (χ4n) is 8.60. The number of hydrogen-bond donors (Lipinski definition) is 2. The summed E-state index contributed by atoms with van der Waals surface area (Å²) in [4.78, 5) is 11.3. The van der Waals surface area contributed by atoms with Gasteiger partial charge in [0.25, 0.3) is 0 Å². The number of piperidine rings is 1. The van der Waals surface area contributed by atoms with Crippen molar-refractivity contribution in [1.82, 2.24) is 14.9 Å². The third-order valence-corrected chi connectivity index (χ3v) is 10.9. The molecule has 1 aromatic heterocycles. The molecule has 8 heteroatoms. The van der Waals surface area contributed by atoms with Crippen molar-refractivity contribution in [3.05, 3.63) is 58.3 Å². The smallest absolute Gasteiger partial charge is 0.224 e. The van der Waals surface area contributed by atoms with E-state index in [1.807, 2.05) is 24.3 Å². The molecule has 4 aliphatic carbocycles. The lowest BCUT2D eigenvalue weighted by molar-refractivity contribution is -0.00521. The molecule has 5 fully saturated rings. The minimum Gasteiger partial charge on any atom is -0.368 e. The fourth-order valence-corrected chi connectivity index (χ4v) is 8.80. The van der Waals surface area contributed by atoms with Gasteiger partial charge in [-0.2, -0.15) is 10.2 Å². The van der Waals surface area contributed by atoms with Gasteiger partial charge in [0.1, 0.15) is 24.1 Å². The summed E-state index contributed by atoms with van der Waals surface area (Å²) in [5.41, 5.74) is 3.50. The van der Waals surface area contributed by atoms with Crippen molar-refractivity contribution < 1.29 is 4.39 Å². The highest BCUT2D eigenvalue weighted by molar-refractivity contribution is 6.31. The highest BCUT2D eigenvalue weighted by atomic mass is 35.5. The molecule has 0 spiro atoms. The van der Waals surface area contributed by atoms with Crippen LogP contribution in [0.3, 0.4) is 0 Å². The van der Waals surface area contributed by atoms with Crippen LogP contribution in [-0.4, -0.2) is 47.7 Å². The SMILES string of the molecule is N#Cc1cnc(NCc2ccccc2Cl)nc1NCC12CC3C[C@H](C1)C(=CCCCC1CCN(CCF)CC1)[C@@H](C3)C2. The number of benzene rings is 1. The minimum atomic E-state index is -0.218. The van der Waals surface area contributed by atoms with Gasteiger partial charge in [0.2, 0.25) is 5.95 Å². The molecule has 4 atom stereocenters. The van der Waals surface area contributed by atoms with Crippen molar-refractivity contribution in [2.75, 3.05) is 43.5 Å². The van der Waals surface area contributed by atoms with Crippen LogP contribution in [-0.2, 0) is 6.54 Å². The molecular weight excluding hydrogens is 547 g/mol. The first-order valence-electron chi connectivity index (χ1n) is 16.0. The van der Waals surface area contributed by atoms with E-state index in [2.05, 4.69) is 32.7 Å². The van der Waals surface area contributed by atoms with Crippen LogP contribution in [0.25, 0.3) is 0 Å². The normalized spacial score (nSPS) is 28.2. The quantitative estimate of drug-likeness (QED) is 0.195. The summed E-state index contributed by atoms with van der Waals surface area (Å²) >= 11 is 6.31. The topological polar surface area (TPSA) is 76.9 Å². The van der Waals surface area contributed by atoms with Crippen LogP contribution in [0.15, 0.2) is 42.1 Å². The van der Waals surface area contributed by atoms with Gasteiger partial charge in [0.15, 0.2) is 0 Å². The van der Waals surface area contributed by atoms with E-state index in [4.69, 9.17) is 16.6 Å². The molecule has 1 aromatic carbocycles. The molecule has 7 rings (SSSR count). The van der Waals surface area contributed by atoms with Crippen LogP contribution in [0.4, 0.5) is 16.2 Å². The number of anilines is 2. The molecule has 6 nitrogen and oxygen atoms in total. The van der Waals surface area contributed by atoms with E-state index in [1.54, 1.807) is 11.8 Å². The molecule has 1 saturated heterocycles. The first kappa shape index (κ1) is 29.4. The van der Waals surface area contributed by atoms with Crippen molar-refractivity contribution in [3.63, 3.8) is 0 Å². The Labute approximate surface area is 255 Å². The number of nitriles is 1. The van der Waals surface area contributed by atoms with Gasteiger partial charge >= 0.3 is 0 Å². The Bertz CT molecular complexity index is 1280. The van der Waals surface area contributed by atoms with E-state index in [9.17, 15) is 9.65 Å². The molecule has 1 aliphatic heterocycles. The number of unbranched alkanes of at least 4 members (excludes halogenated alkanes) is 1. The van der Waals surface area contributed by atoms with Crippen LogP contribution < -0.4 is 10.6 Å². The maximum atomic E-state index is 12.6. The molecule has 42 heavy (non-hydrogen) atoms. The summed E-state index contributed by atoms with van der Waals surface area (Å²) in [6, 6.07) is 10.0. The predicted octanol–water partition coefficient (Wildman–Crippen LogP) is 7.63. The number of rotatable bonds is 12. The zero-order valence-electron chi connectivity index (χ0n) is 24.6. The molecule has 2 heterocycles. The average Bonchev–Trinajstić information content (AvgIpc) is 2.99. The van der Waals surface area contributed by atoms with E-state index in [0.717, 1.165) is 48.9 Å². The van der Waals surface area contributed by atoms with Gasteiger partial charge in [0, 0.05) is 24.7 Å². The molecule has 0 radical (unpaired) electrons. The predicted molar refractivity (Wildman–Crippen MR) is 167 cm³/mol. The maximum Gasteiger partial charge on any atom is 0.224 e. The molecule has 224 valence electrons. The van der Waals surface area contributed by atoms with Crippen molar-refractivity contribution in [1.29, 1.82) is 5.26 Å². The largest absolute Gasteiger partial charge is 0.368 e. The van der Waals surface area contributed by atoms with E-state index < -0.39 is 0 Å². The number of hydrogen-bond acceptors (Lipinski definition) is 6. The summed E-state index contributed by atoms with van der Waals surface area (Å²) in [7, 11) is 0. The van der Waals surface area contributed by atoms with Crippen molar-refractivity contribution in [3.8, 4) is 6.07 Å². The van der Waals surface area contributed by atoms with E-state index in [-0.39, 0.29) is 12.1 Å². The lowest BCUT2D eigenvalue weighted by atomic mass is 9.48. The van der Waals surface area contributed by atoms with Crippen molar-refractivity contribution in [2.45, 2.75) is 70.8 Å². The van der Waals surface area contributed by atoms with Gasteiger partial charge in [0.05, 0.1) is 6.20 Å². The van der Waals surface area contributed by atoms with Crippen molar-refractivity contribution in [2.24, 2.45) is 29.1 Å². The van der Waals surface area contributed by atoms with E-state index >= 15 is 0 Å². The molecule has 2 N–H and O–H groups in total. The minimum absolute atomic E-state index is 0.218. The second-order valence-electron chi connectivity index (χ2n) is 13.3. The number of likely N-dealkylation sites (tertiary alicyclic amines) is 1. The Hall–Kier alpha value is -2.69. The Morgan fingerprint density at radius 3 is 2.64 bits per heavy atom. The molecule has 2 unspecified atom stereocenters. The lowest BCUT2D eigenvalue weighted by Crippen LogP contribution is -2.50. The zero-order chi connectivity index (χ0) is 28.9. The maximum absolute atomic E-state index is 12.6. The van der Waals surface area contributed by atoms with Crippen molar-refractivity contribution >= 4 is 23.4 Å². The van der Waals surface area contributed by atoms with Crippen LogP contribution >= 0.6 is 11.6 Å². The molecule has 0 amide bonds. The Morgan fingerprint density at radius 1 is 1.12 bits per heavy atom. The zero-order valence-corrected chi connectivity index (χ0v) is 25.4. The Morgan fingerprint density at radius 2 is 1.90 bits per heavy atom. The van der Waals surface area contributed by atoms with Crippen LogP contribution in [0.1, 0.15) is 75.3 Å². The van der Waals surface area contributed by atoms with Gasteiger partial charge < -0.3 is 15.5 Å². The number of nitrogens with one attached hydrogen (secondary N) is 2. The number of aromatic nitrogens is 2. The van der Waals surface area contributed by atoms with Crippen LogP contribution in [0, 0.1) is 40.4 Å². The van der Waals surface area contributed by atoms with E-state index in [0.29, 0.717) is 35.4 Å². The first-order valence-corrected chi connectivity index (χ1v) is 16.4. The second kappa shape index (κ2) is 13.3. The molecule has 5 aliphatic rings. The van der Waals surface area contributed by atoms with Gasteiger partial charge in [-0.1, -0.05) is 47.9 Å². The third-order valence-electron chi connectivity index (χ3n) is 10.5. The number of allylic oxidation sites excluding steroid dienone is 2. The third kappa shape index (κ3) is 6.76.